The lowest BCUT2D eigenvalue weighted by molar-refractivity contribution is -0.0592. The molecule has 2 aromatic heterocycles. The zero-order chi connectivity index (χ0) is 28.6. The number of rotatable bonds is 9. The van der Waals surface area contributed by atoms with Gasteiger partial charge in [-0.3, -0.25) is 4.90 Å². The van der Waals surface area contributed by atoms with E-state index in [-0.39, 0.29) is 23.8 Å². The van der Waals surface area contributed by atoms with Crippen LogP contribution in [0.3, 0.4) is 0 Å². The Labute approximate surface area is 244 Å². The summed E-state index contributed by atoms with van der Waals surface area (Å²) < 4.78 is 19.7. The molecule has 42 heavy (non-hydrogen) atoms. The topological polar surface area (TPSA) is 111 Å². The molecule has 2 saturated heterocycles. The number of piperidine rings is 1. The van der Waals surface area contributed by atoms with Crippen LogP contribution in [0.15, 0.2) is 65.2 Å². The van der Waals surface area contributed by atoms with Crippen LogP contribution in [0.25, 0.3) is 11.0 Å². The van der Waals surface area contributed by atoms with Crippen LogP contribution in [0.1, 0.15) is 54.0 Å². The molecule has 4 aliphatic rings. The number of aromatic nitrogens is 3. The molecular formula is C32H35N5O5. The summed E-state index contributed by atoms with van der Waals surface area (Å²) in [6, 6.07) is 11.3. The molecule has 7 rings (SSSR count). The van der Waals surface area contributed by atoms with Crippen molar-refractivity contribution in [2.75, 3.05) is 26.3 Å². The molecule has 3 aromatic rings. The largest absolute Gasteiger partial charge is 0.478 e. The Kier molecular flexibility index (Phi) is 7.25. The van der Waals surface area contributed by atoms with E-state index in [9.17, 15) is 9.90 Å². The van der Waals surface area contributed by atoms with E-state index in [0.29, 0.717) is 31.5 Å². The van der Waals surface area contributed by atoms with Gasteiger partial charge in [-0.05, 0) is 68.3 Å². The summed E-state index contributed by atoms with van der Waals surface area (Å²) in [7, 11) is 0. The van der Waals surface area contributed by atoms with Gasteiger partial charge in [0.05, 0.1) is 35.8 Å². The number of aliphatic imine (C=N–C) groups is 1. The SMILES string of the molecule is CC1=NC2C=CC(COc3cccc(C4CCN(Cc5nc6ccc(C(=O)O)cc6n5CC5CCO5)CC4)n3)=CC2O1. The Morgan fingerprint density at radius 1 is 1.14 bits per heavy atom. The minimum Gasteiger partial charge on any atom is -0.478 e. The van der Waals surface area contributed by atoms with Crippen molar-refractivity contribution in [1.82, 2.24) is 19.4 Å². The molecule has 2 fully saturated rings. The number of ether oxygens (including phenoxy) is 3. The Morgan fingerprint density at radius 2 is 2.00 bits per heavy atom. The first-order valence-corrected chi connectivity index (χ1v) is 14.7. The summed E-state index contributed by atoms with van der Waals surface area (Å²) in [5.74, 6) is 1.76. The van der Waals surface area contributed by atoms with Crippen LogP contribution >= 0.6 is 0 Å². The fourth-order valence-electron chi connectivity index (χ4n) is 6.20. The van der Waals surface area contributed by atoms with Crippen LogP contribution in [0.2, 0.25) is 0 Å². The number of imidazole rings is 1. The van der Waals surface area contributed by atoms with Gasteiger partial charge in [0.15, 0.2) is 5.90 Å². The minimum absolute atomic E-state index is 0.0386. The van der Waals surface area contributed by atoms with Crippen molar-refractivity contribution in [3.63, 3.8) is 0 Å². The molecule has 1 aliphatic carbocycles. The van der Waals surface area contributed by atoms with Crippen molar-refractivity contribution in [2.24, 2.45) is 4.99 Å². The zero-order valence-electron chi connectivity index (χ0n) is 23.7. The zero-order valence-corrected chi connectivity index (χ0v) is 23.7. The molecule has 1 N–H and O–H groups in total. The summed E-state index contributed by atoms with van der Waals surface area (Å²) in [5.41, 5.74) is 4.09. The Bertz CT molecular complexity index is 1580. The maximum Gasteiger partial charge on any atom is 0.335 e. The highest BCUT2D eigenvalue weighted by Crippen LogP contribution is 2.30. The van der Waals surface area contributed by atoms with E-state index < -0.39 is 5.97 Å². The number of aromatic carboxylic acids is 1. The smallest absolute Gasteiger partial charge is 0.335 e. The second kappa shape index (κ2) is 11.3. The Hall–Kier alpha value is -4.02. The highest BCUT2D eigenvalue weighted by molar-refractivity contribution is 5.92. The van der Waals surface area contributed by atoms with Crippen LogP contribution in [0.5, 0.6) is 5.88 Å². The number of carbonyl (C=O) groups is 1. The summed E-state index contributed by atoms with van der Waals surface area (Å²) in [5, 5.41) is 9.52. The third-order valence-corrected chi connectivity index (χ3v) is 8.62. The molecule has 218 valence electrons. The first-order chi connectivity index (χ1) is 20.5. The van der Waals surface area contributed by atoms with Crippen LogP contribution in [-0.4, -0.2) is 81.0 Å². The van der Waals surface area contributed by atoms with Crippen molar-refractivity contribution >= 4 is 22.9 Å². The van der Waals surface area contributed by atoms with Crippen molar-refractivity contribution < 1.29 is 24.1 Å². The number of fused-ring (bicyclic) bond motifs is 2. The molecule has 10 heteroatoms. The van der Waals surface area contributed by atoms with Crippen molar-refractivity contribution in [1.29, 1.82) is 0 Å². The van der Waals surface area contributed by atoms with Crippen molar-refractivity contribution in [3.8, 4) is 5.88 Å². The number of carboxylic acid groups (broad SMARTS) is 1. The molecule has 5 heterocycles. The molecule has 3 unspecified atom stereocenters. The molecule has 0 spiro atoms. The lowest BCUT2D eigenvalue weighted by atomic mass is 9.93. The first kappa shape index (κ1) is 26.9. The number of hydrogen-bond donors (Lipinski definition) is 1. The Balaban J connectivity index is 0.980. The third kappa shape index (κ3) is 5.56. The predicted molar refractivity (Wildman–Crippen MR) is 157 cm³/mol. The molecule has 0 amide bonds. The number of likely N-dealkylation sites (tertiary alicyclic amines) is 1. The van der Waals surface area contributed by atoms with E-state index in [1.165, 1.54) is 0 Å². The van der Waals surface area contributed by atoms with Crippen LogP contribution in [0.4, 0.5) is 0 Å². The fraction of sp³-hybridized carbons (Fsp3) is 0.438. The van der Waals surface area contributed by atoms with Gasteiger partial charge in [-0.2, -0.15) is 0 Å². The number of pyridine rings is 1. The van der Waals surface area contributed by atoms with Gasteiger partial charge in [0.1, 0.15) is 24.6 Å². The maximum atomic E-state index is 11.6. The second-order valence-corrected chi connectivity index (χ2v) is 11.5. The van der Waals surface area contributed by atoms with E-state index in [1.54, 1.807) is 12.1 Å². The number of hydrogen-bond acceptors (Lipinski definition) is 8. The van der Waals surface area contributed by atoms with Gasteiger partial charge >= 0.3 is 5.97 Å². The van der Waals surface area contributed by atoms with Gasteiger partial charge in [-0.15, -0.1) is 0 Å². The third-order valence-electron chi connectivity index (χ3n) is 8.62. The lowest BCUT2D eigenvalue weighted by Gasteiger charge is -2.32. The van der Waals surface area contributed by atoms with Crippen LogP contribution < -0.4 is 4.74 Å². The quantitative estimate of drug-likeness (QED) is 0.405. The van der Waals surface area contributed by atoms with Gasteiger partial charge < -0.3 is 23.9 Å². The number of nitrogens with zero attached hydrogens (tertiary/aromatic N) is 5. The summed E-state index contributed by atoms with van der Waals surface area (Å²) in [4.78, 5) is 28.3. The van der Waals surface area contributed by atoms with Gasteiger partial charge in [0.2, 0.25) is 5.88 Å². The monoisotopic (exact) mass is 569 g/mol. The normalized spacial score (nSPS) is 24.1. The van der Waals surface area contributed by atoms with E-state index in [4.69, 9.17) is 24.2 Å². The highest BCUT2D eigenvalue weighted by Gasteiger charge is 2.29. The average Bonchev–Trinajstić information content (AvgIpc) is 3.52. The standard InChI is InChI=1S/C32H35N5O5/c1-20-33-27-7-5-21(15-29(27)42-20)19-41-31-4-2-3-25(35-31)22-9-12-36(13-10-22)18-30-34-26-8-6-23(32(38)39)16-28(26)37(30)17-24-11-14-40-24/h2-8,15-16,22,24,27,29H,9-14,17-19H2,1H3,(H,38,39). The molecule has 1 aromatic carbocycles. The lowest BCUT2D eigenvalue weighted by Crippen LogP contribution is -2.35. The van der Waals surface area contributed by atoms with E-state index >= 15 is 0 Å². The van der Waals surface area contributed by atoms with Gasteiger partial charge in [-0.25, -0.2) is 19.8 Å². The highest BCUT2D eigenvalue weighted by atomic mass is 16.5. The summed E-state index contributed by atoms with van der Waals surface area (Å²) in [6.07, 6.45) is 9.34. The van der Waals surface area contributed by atoms with E-state index in [0.717, 1.165) is 73.0 Å². The first-order valence-electron chi connectivity index (χ1n) is 14.7. The number of carboxylic acids is 1. The van der Waals surface area contributed by atoms with Crippen molar-refractivity contribution in [2.45, 2.75) is 63.4 Å². The molecular weight excluding hydrogens is 534 g/mol. The predicted octanol–water partition coefficient (Wildman–Crippen LogP) is 4.36. The maximum absolute atomic E-state index is 11.6. The second-order valence-electron chi connectivity index (χ2n) is 11.5. The molecule has 10 nitrogen and oxygen atoms in total. The minimum atomic E-state index is -0.929. The molecule has 0 bridgehead atoms. The average molecular weight is 570 g/mol. The van der Waals surface area contributed by atoms with Crippen molar-refractivity contribution in [3.05, 3.63) is 77.3 Å². The fourth-order valence-corrected chi connectivity index (χ4v) is 6.20. The summed E-state index contributed by atoms with van der Waals surface area (Å²) >= 11 is 0. The van der Waals surface area contributed by atoms with Crippen LogP contribution in [0, 0.1) is 0 Å². The molecule has 0 saturated carbocycles. The summed E-state index contributed by atoms with van der Waals surface area (Å²) in [6.45, 7) is 6.38. The molecule has 3 aliphatic heterocycles. The van der Waals surface area contributed by atoms with E-state index in [1.807, 2.05) is 25.1 Å². The van der Waals surface area contributed by atoms with Gasteiger partial charge in [0, 0.05) is 31.2 Å². The van der Waals surface area contributed by atoms with Gasteiger partial charge in [-0.1, -0.05) is 18.2 Å². The Morgan fingerprint density at radius 3 is 2.79 bits per heavy atom. The molecule has 0 radical (unpaired) electrons. The van der Waals surface area contributed by atoms with Gasteiger partial charge in [0.25, 0.3) is 0 Å². The molecule has 3 atom stereocenters. The van der Waals surface area contributed by atoms with Crippen LogP contribution in [-0.2, 0) is 22.6 Å². The number of benzene rings is 1. The van der Waals surface area contributed by atoms with E-state index in [2.05, 4.69) is 38.8 Å².